The maximum atomic E-state index is 13.6. The molecule has 2 rings (SSSR count). The third-order valence-corrected chi connectivity index (χ3v) is 3.98. The largest absolute Gasteiger partial charge is 0.481 e. The summed E-state index contributed by atoms with van der Waals surface area (Å²) >= 11 is 0. The Morgan fingerprint density at radius 3 is 2.57 bits per heavy atom. The van der Waals surface area contributed by atoms with Crippen molar-refractivity contribution >= 4 is 29.2 Å². The highest BCUT2D eigenvalue weighted by Gasteiger charge is 2.39. The number of nitrogens with two attached hydrogens (primary N) is 1. The van der Waals surface area contributed by atoms with Crippen LogP contribution in [0.2, 0.25) is 0 Å². The van der Waals surface area contributed by atoms with E-state index in [1.807, 2.05) is 0 Å². The Morgan fingerprint density at radius 1 is 1.27 bits per heavy atom. The smallest absolute Gasteiger partial charge is 0.471 e. The summed E-state index contributed by atoms with van der Waals surface area (Å²) in [5.41, 5.74) is 5.70. The number of carbonyl (C=O) groups is 2. The molecule has 30 heavy (non-hydrogen) atoms. The Hall–Kier alpha value is -3.57. The van der Waals surface area contributed by atoms with E-state index < -0.39 is 24.0 Å². The van der Waals surface area contributed by atoms with Crippen molar-refractivity contribution in [1.29, 1.82) is 0 Å². The molecule has 2 amide bonds. The van der Waals surface area contributed by atoms with Gasteiger partial charge in [-0.25, -0.2) is 9.18 Å². The lowest BCUT2D eigenvalue weighted by atomic mass is 10.1. The van der Waals surface area contributed by atoms with E-state index in [4.69, 9.17) is 10.5 Å². The van der Waals surface area contributed by atoms with E-state index in [0.717, 1.165) is 23.1 Å². The van der Waals surface area contributed by atoms with Crippen molar-refractivity contribution in [3.63, 3.8) is 0 Å². The maximum Gasteiger partial charge on any atom is 0.471 e. The number of aromatic nitrogens is 1. The fourth-order valence-electron chi connectivity index (χ4n) is 2.58. The number of aryl methyl sites for hydroxylation is 1. The first-order valence-electron chi connectivity index (χ1n) is 8.50. The van der Waals surface area contributed by atoms with Crippen molar-refractivity contribution in [2.24, 2.45) is 0 Å². The molecular formula is C18H18F4N4O4. The summed E-state index contributed by atoms with van der Waals surface area (Å²) < 4.78 is 56.0. The van der Waals surface area contributed by atoms with Crippen LogP contribution in [0, 0.1) is 5.82 Å². The first-order valence-corrected chi connectivity index (χ1v) is 8.50. The number of rotatable bonds is 7. The summed E-state index contributed by atoms with van der Waals surface area (Å²) in [5.74, 6) is -2.86. The highest BCUT2D eigenvalue weighted by Crippen LogP contribution is 2.26. The van der Waals surface area contributed by atoms with Gasteiger partial charge in [0.1, 0.15) is 5.82 Å². The SMILES string of the molecule is COc1ccc(N)c(N(CCCc2cc(F)ccc2NC(=O)C(F)(F)F)C(=O)O)n1. The van der Waals surface area contributed by atoms with E-state index in [0.29, 0.717) is 0 Å². The molecule has 0 bridgehead atoms. The number of pyridine rings is 1. The summed E-state index contributed by atoms with van der Waals surface area (Å²) in [6.07, 6.45) is -6.43. The van der Waals surface area contributed by atoms with E-state index in [9.17, 15) is 32.3 Å². The highest BCUT2D eigenvalue weighted by molar-refractivity contribution is 5.95. The van der Waals surface area contributed by atoms with E-state index in [2.05, 4.69) is 4.98 Å². The zero-order valence-electron chi connectivity index (χ0n) is 15.7. The number of alkyl halides is 3. The van der Waals surface area contributed by atoms with Crippen molar-refractivity contribution in [2.75, 3.05) is 29.6 Å². The van der Waals surface area contributed by atoms with Gasteiger partial charge in [0, 0.05) is 18.3 Å². The quantitative estimate of drug-likeness (QED) is 0.580. The number of anilines is 3. The number of nitrogens with zero attached hydrogens (tertiary/aromatic N) is 2. The highest BCUT2D eigenvalue weighted by atomic mass is 19.4. The van der Waals surface area contributed by atoms with E-state index >= 15 is 0 Å². The summed E-state index contributed by atoms with van der Waals surface area (Å²) in [4.78, 5) is 27.6. The van der Waals surface area contributed by atoms with Crippen LogP contribution in [0.15, 0.2) is 30.3 Å². The zero-order chi connectivity index (χ0) is 22.5. The Bertz CT molecular complexity index is 937. The number of nitrogens with one attached hydrogen (secondary N) is 1. The fraction of sp³-hybridized carbons (Fsp3) is 0.278. The molecule has 0 aliphatic carbocycles. The Labute approximate surface area is 168 Å². The van der Waals surface area contributed by atoms with Gasteiger partial charge in [-0.2, -0.15) is 18.2 Å². The van der Waals surface area contributed by atoms with Crippen LogP contribution in [0.5, 0.6) is 5.88 Å². The number of nitrogen functional groups attached to an aromatic ring is 1. The van der Waals surface area contributed by atoms with Gasteiger partial charge in [-0.3, -0.25) is 9.69 Å². The molecule has 2 aromatic rings. The fourth-order valence-corrected chi connectivity index (χ4v) is 2.58. The third kappa shape index (κ3) is 5.72. The number of amides is 2. The number of carbonyl (C=O) groups excluding carboxylic acids is 1. The number of benzene rings is 1. The van der Waals surface area contributed by atoms with Crippen molar-refractivity contribution in [3.05, 3.63) is 41.7 Å². The van der Waals surface area contributed by atoms with Crippen LogP contribution in [0.25, 0.3) is 0 Å². The van der Waals surface area contributed by atoms with Crippen molar-refractivity contribution < 1.29 is 37.0 Å². The van der Waals surface area contributed by atoms with Crippen molar-refractivity contribution in [2.45, 2.75) is 19.0 Å². The number of carboxylic acid groups (broad SMARTS) is 1. The number of halogens is 4. The summed E-state index contributed by atoms with van der Waals surface area (Å²) in [7, 11) is 1.34. The first-order chi connectivity index (χ1) is 14.0. The van der Waals surface area contributed by atoms with Gasteiger partial charge in [-0.05, 0) is 42.7 Å². The van der Waals surface area contributed by atoms with E-state index in [1.165, 1.54) is 19.2 Å². The predicted molar refractivity (Wildman–Crippen MR) is 100.0 cm³/mol. The maximum absolute atomic E-state index is 13.6. The molecule has 12 heteroatoms. The van der Waals surface area contributed by atoms with Gasteiger partial charge in [0.05, 0.1) is 12.8 Å². The Morgan fingerprint density at radius 2 is 1.97 bits per heavy atom. The molecular weight excluding hydrogens is 412 g/mol. The average molecular weight is 430 g/mol. The minimum atomic E-state index is -5.11. The lowest BCUT2D eigenvalue weighted by Crippen LogP contribution is -2.32. The van der Waals surface area contributed by atoms with Crippen LogP contribution in [0.1, 0.15) is 12.0 Å². The molecule has 0 aliphatic rings. The second-order valence-corrected chi connectivity index (χ2v) is 6.06. The minimum Gasteiger partial charge on any atom is -0.481 e. The second kappa shape index (κ2) is 9.29. The topological polar surface area (TPSA) is 118 Å². The van der Waals surface area contributed by atoms with Crippen LogP contribution >= 0.6 is 0 Å². The van der Waals surface area contributed by atoms with Gasteiger partial charge in [0.25, 0.3) is 0 Å². The molecule has 0 saturated heterocycles. The molecule has 0 aliphatic heterocycles. The van der Waals surface area contributed by atoms with Crippen LogP contribution < -0.4 is 20.7 Å². The molecule has 0 saturated carbocycles. The molecule has 8 nitrogen and oxygen atoms in total. The molecule has 0 spiro atoms. The van der Waals surface area contributed by atoms with Crippen LogP contribution in [0.3, 0.4) is 0 Å². The Kier molecular flexibility index (Phi) is 7.03. The van der Waals surface area contributed by atoms with Gasteiger partial charge in [-0.1, -0.05) is 0 Å². The number of hydrogen-bond donors (Lipinski definition) is 3. The minimum absolute atomic E-state index is 0.0289. The molecule has 0 unspecified atom stereocenters. The standard InChI is InChI=1S/C18H18F4N4O4/c1-30-14-7-5-12(23)15(25-14)26(17(28)29)8-2-3-10-9-11(19)4-6-13(10)24-16(27)18(20,21)22/h4-7,9H,2-3,8,23H2,1H3,(H,24,27)(H,28,29). The van der Waals surface area contributed by atoms with Crippen molar-refractivity contribution in [3.8, 4) is 5.88 Å². The van der Waals surface area contributed by atoms with Gasteiger partial charge in [0.2, 0.25) is 5.88 Å². The monoisotopic (exact) mass is 430 g/mol. The molecule has 4 N–H and O–H groups in total. The van der Waals surface area contributed by atoms with Crippen molar-refractivity contribution in [1.82, 2.24) is 4.98 Å². The van der Waals surface area contributed by atoms with Gasteiger partial charge >= 0.3 is 18.2 Å². The molecule has 1 heterocycles. The van der Waals surface area contributed by atoms with Crippen LogP contribution in [-0.2, 0) is 11.2 Å². The van der Waals surface area contributed by atoms with Gasteiger partial charge in [0.15, 0.2) is 5.82 Å². The van der Waals surface area contributed by atoms with Gasteiger partial charge in [-0.15, -0.1) is 0 Å². The molecule has 1 aromatic carbocycles. The summed E-state index contributed by atoms with van der Waals surface area (Å²) in [6.45, 7) is -0.150. The summed E-state index contributed by atoms with van der Waals surface area (Å²) in [5, 5.41) is 11.2. The lowest BCUT2D eigenvalue weighted by molar-refractivity contribution is -0.167. The average Bonchev–Trinajstić information content (AvgIpc) is 2.67. The van der Waals surface area contributed by atoms with E-state index in [1.54, 1.807) is 5.32 Å². The number of ether oxygens (including phenoxy) is 1. The van der Waals surface area contributed by atoms with E-state index in [-0.39, 0.29) is 48.0 Å². The molecule has 0 fully saturated rings. The first kappa shape index (κ1) is 22.7. The molecule has 0 radical (unpaired) electrons. The lowest BCUT2D eigenvalue weighted by Gasteiger charge is -2.20. The predicted octanol–water partition coefficient (Wildman–Crippen LogP) is 3.43. The Balaban J connectivity index is 2.17. The van der Waals surface area contributed by atoms with Crippen LogP contribution in [-0.4, -0.2) is 41.9 Å². The second-order valence-electron chi connectivity index (χ2n) is 6.06. The number of hydrogen-bond acceptors (Lipinski definition) is 5. The molecule has 0 atom stereocenters. The number of methoxy groups -OCH3 is 1. The zero-order valence-corrected chi connectivity index (χ0v) is 15.7. The summed E-state index contributed by atoms with van der Waals surface area (Å²) in [6, 6.07) is 5.73. The van der Waals surface area contributed by atoms with Crippen LogP contribution in [0.4, 0.5) is 39.5 Å². The third-order valence-electron chi connectivity index (χ3n) is 3.98. The normalized spacial score (nSPS) is 11.1. The van der Waals surface area contributed by atoms with Gasteiger partial charge < -0.3 is 20.9 Å². The molecule has 162 valence electrons. The molecule has 1 aromatic heterocycles.